The fourth-order valence-electron chi connectivity index (χ4n) is 4.18. The van der Waals surface area contributed by atoms with Crippen LogP contribution in [0.2, 0.25) is 0 Å². The summed E-state index contributed by atoms with van der Waals surface area (Å²) in [6.45, 7) is 4.86. The van der Waals surface area contributed by atoms with Crippen molar-refractivity contribution in [3.63, 3.8) is 0 Å². The van der Waals surface area contributed by atoms with Crippen molar-refractivity contribution in [1.82, 2.24) is 0 Å². The standard InChI is InChI=1S/C30H26O/c1-3-11-25(29-19-9-15-23-13-5-7-17-27(23)29)21-31-22-26(12-4-2)30-20-10-16-24-14-6-8-18-28(24)30/h5-10,13-20,25-26H,21-22H2,1-2H3. The van der Waals surface area contributed by atoms with Gasteiger partial charge in [-0.1, -0.05) is 96.8 Å². The molecule has 0 spiro atoms. The van der Waals surface area contributed by atoms with E-state index >= 15 is 0 Å². The number of hydrogen-bond acceptors (Lipinski definition) is 1. The molecule has 4 rings (SSSR count). The molecule has 0 aromatic heterocycles. The molecule has 0 radical (unpaired) electrons. The molecule has 0 amide bonds. The van der Waals surface area contributed by atoms with Crippen molar-refractivity contribution in [2.24, 2.45) is 0 Å². The van der Waals surface area contributed by atoms with Crippen LogP contribution in [0.15, 0.2) is 84.9 Å². The smallest absolute Gasteiger partial charge is 0.0692 e. The van der Waals surface area contributed by atoms with Crippen LogP contribution in [0, 0.1) is 23.7 Å². The third-order valence-electron chi connectivity index (χ3n) is 5.60. The molecule has 2 atom stereocenters. The predicted octanol–water partition coefficient (Wildman–Crippen LogP) is 6.92. The maximum Gasteiger partial charge on any atom is 0.0692 e. The Morgan fingerprint density at radius 2 is 1.00 bits per heavy atom. The Kier molecular flexibility index (Phi) is 6.68. The summed E-state index contributed by atoms with van der Waals surface area (Å²) in [5.41, 5.74) is 2.44. The summed E-state index contributed by atoms with van der Waals surface area (Å²) in [5.74, 6) is 12.9. The molecule has 2 unspecified atom stereocenters. The van der Waals surface area contributed by atoms with Crippen molar-refractivity contribution in [3.05, 3.63) is 96.1 Å². The van der Waals surface area contributed by atoms with Gasteiger partial charge in [-0.15, -0.1) is 11.8 Å². The highest BCUT2D eigenvalue weighted by atomic mass is 16.5. The maximum atomic E-state index is 6.26. The van der Waals surface area contributed by atoms with Gasteiger partial charge >= 0.3 is 0 Å². The number of benzene rings is 4. The van der Waals surface area contributed by atoms with Gasteiger partial charge in [-0.2, -0.15) is 0 Å². The van der Waals surface area contributed by atoms with Crippen molar-refractivity contribution >= 4 is 21.5 Å². The van der Waals surface area contributed by atoms with Crippen LogP contribution in [0.4, 0.5) is 0 Å². The Bertz CT molecular complexity index is 1200. The molecule has 1 nitrogen and oxygen atoms in total. The average molecular weight is 403 g/mol. The quantitative estimate of drug-likeness (QED) is 0.318. The second kappa shape index (κ2) is 9.99. The summed E-state index contributed by atoms with van der Waals surface area (Å²) < 4.78 is 6.26. The summed E-state index contributed by atoms with van der Waals surface area (Å²) >= 11 is 0. The van der Waals surface area contributed by atoms with Gasteiger partial charge in [0.1, 0.15) is 0 Å². The largest absolute Gasteiger partial charge is 0.378 e. The molecule has 31 heavy (non-hydrogen) atoms. The Morgan fingerprint density at radius 1 is 0.581 bits per heavy atom. The van der Waals surface area contributed by atoms with E-state index in [1.165, 1.54) is 32.7 Å². The van der Waals surface area contributed by atoms with E-state index in [1.54, 1.807) is 0 Å². The fraction of sp³-hybridized carbons (Fsp3) is 0.200. The molecule has 152 valence electrons. The fourth-order valence-corrected chi connectivity index (χ4v) is 4.18. The van der Waals surface area contributed by atoms with Gasteiger partial charge < -0.3 is 4.74 Å². The van der Waals surface area contributed by atoms with Crippen LogP contribution >= 0.6 is 0 Å². The van der Waals surface area contributed by atoms with Crippen LogP contribution in [0.25, 0.3) is 21.5 Å². The van der Waals surface area contributed by atoms with E-state index in [4.69, 9.17) is 4.74 Å². The number of hydrogen-bond donors (Lipinski definition) is 0. The molecule has 1 heteroatoms. The maximum absolute atomic E-state index is 6.26. The molecule has 4 aromatic carbocycles. The molecule has 0 saturated heterocycles. The van der Waals surface area contributed by atoms with Gasteiger partial charge in [0.05, 0.1) is 25.0 Å². The molecule has 0 bridgehead atoms. The summed E-state index contributed by atoms with van der Waals surface area (Å²) in [6.07, 6.45) is 0. The first kappa shape index (κ1) is 20.7. The van der Waals surface area contributed by atoms with Gasteiger partial charge in [-0.25, -0.2) is 0 Å². The molecule has 0 aliphatic heterocycles. The Morgan fingerprint density at radius 3 is 1.45 bits per heavy atom. The van der Waals surface area contributed by atoms with E-state index in [1.807, 2.05) is 13.8 Å². The Balaban J connectivity index is 1.57. The molecule has 0 saturated carbocycles. The number of rotatable bonds is 6. The molecule has 0 heterocycles. The normalized spacial score (nSPS) is 12.5. The minimum atomic E-state index is 0.0267. The van der Waals surface area contributed by atoms with Crippen molar-refractivity contribution < 1.29 is 4.74 Å². The topological polar surface area (TPSA) is 9.23 Å². The average Bonchev–Trinajstić information content (AvgIpc) is 2.82. The highest BCUT2D eigenvalue weighted by Crippen LogP contribution is 2.28. The zero-order valence-corrected chi connectivity index (χ0v) is 18.1. The first-order chi connectivity index (χ1) is 15.3. The highest BCUT2D eigenvalue weighted by molar-refractivity contribution is 5.87. The van der Waals surface area contributed by atoms with Gasteiger partial charge in [0.15, 0.2) is 0 Å². The summed E-state index contributed by atoms with van der Waals surface area (Å²) in [5, 5.41) is 4.93. The van der Waals surface area contributed by atoms with Gasteiger partial charge in [0.25, 0.3) is 0 Å². The first-order valence-electron chi connectivity index (χ1n) is 10.7. The summed E-state index contributed by atoms with van der Waals surface area (Å²) in [7, 11) is 0. The Hall–Kier alpha value is -3.52. The number of ether oxygens (including phenoxy) is 1. The van der Waals surface area contributed by atoms with E-state index in [-0.39, 0.29) is 11.8 Å². The lowest BCUT2D eigenvalue weighted by Crippen LogP contribution is -2.12. The van der Waals surface area contributed by atoms with Gasteiger partial charge in [-0.05, 0) is 46.5 Å². The lowest BCUT2D eigenvalue weighted by atomic mass is 9.93. The molecular weight excluding hydrogens is 376 g/mol. The molecule has 0 N–H and O–H groups in total. The van der Waals surface area contributed by atoms with E-state index in [2.05, 4.69) is 109 Å². The second-order valence-electron chi connectivity index (χ2n) is 7.57. The predicted molar refractivity (Wildman–Crippen MR) is 131 cm³/mol. The van der Waals surface area contributed by atoms with Crippen LogP contribution in [0.3, 0.4) is 0 Å². The van der Waals surface area contributed by atoms with Crippen molar-refractivity contribution in [2.75, 3.05) is 13.2 Å². The van der Waals surface area contributed by atoms with E-state index < -0.39 is 0 Å². The third-order valence-corrected chi connectivity index (χ3v) is 5.60. The third kappa shape index (κ3) is 4.64. The SMILES string of the molecule is CC#CC(COCC(C#CC)c1cccc2ccccc12)c1cccc2ccccc12. The van der Waals surface area contributed by atoms with Crippen LogP contribution in [-0.2, 0) is 4.74 Å². The summed E-state index contributed by atoms with van der Waals surface area (Å²) in [6, 6.07) is 29.7. The van der Waals surface area contributed by atoms with Gasteiger partial charge in [0, 0.05) is 0 Å². The molecule has 0 aliphatic carbocycles. The van der Waals surface area contributed by atoms with E-state index in [9.17, 15) is 0 Å². The zero-order valence-electron chi connectivity index (χ0n) is 18.1. The molecule has 0 aliphatic rings. The molecule has 0 fully saturated rings. The monoisotopic (exact) mass is 402 g/mol. The van der Waals surface area contributed by atoms with Crippen LogP contribution in [-0.4, -0.2) is 13.2 Å². The zero-order chi connectivity index (χ0) is 21.5. The number of fused-ring (bicyclic) bond motifs is 2. The Labute approximate surface area is 185 Å². The van der Waals surface area contributed by atoms with Crippen molar-refractivity contribution in [3.8, 4) is 23.7 Å². The van der Waals surface area contributed by atoms with Gasteiger partial charge in [-0.3, -0.25) is 0 Å². The lowest BCUT2D eigenvalue weighted by Gasteiger charge is -2.18. The van der Waals surface area contributed by atoms with Gasteiger partial charge in [0.2, 0.25) is 0 Å². The lowest BCUT2D eigenvalue weighted by molar-refractivity contribution is 0.127. The van der Waals surface area contributed by atoms with E-state index in [0.717, 1.165) is 0 Å². The minimum absolute atomic E-state index is 0.0267. The van der Waals surface area contributed by atoms with Crippen molar-refractivity contribution in [2.45, 2.75) is 25.7 Å². The molecule has 4 aromatic rings. The van der Waals surface area contributed by atoms with Crippen molar-refractivity contribution in [1.29, 1.82) is 0 Å². The molecular formula is C30H26O. The highest BCUT2D eigenvalue weighted by Gasteiger charge is 2.16. The summed E-state index contributed by atoms with van der Waals surface area (Å²) in [4.78, 5) is 0. The first-order valence-corrected chi connectivity index (χ1v) is 10.7. The van der Waals surface area contributed by atoms with E-state index in [0.29, 0.717) is 13.2 Å². The van der Waals surface area contributed by atoms with Crippen LogP contribution in [0.5, 0.6) is 0 Å². The van der Waals surface area contributed by atoms with Crippen LogP contribution in [0.1, 0.15) is 36.8 Å². The minimum Gasteiger partial charge on any atom is -0.378 e. The second-order valence-corrected chi connectivity index (χ2v) is 7.57. The van der Waals surface area contributed by atoms with Crippen LogP contribution < -0.4 is 0 Å².